The summed E-state index contributed by atoms with van der Waals surface area (Å²) in [4.78, 5) is 5.19. The number of hydrogen-bond donors (Lipinski definition) is 1. The van der Waals surface area contributed by atoms with E-state index in [-0.39, 0.29) is 0 Å². The monoisotopic (exact) mass is 267 g/mol. The van der Waals surface area contributed by atoms with Crippen molar-refractivity contribution in [3.05, 3.63) is 0 Å². The standard InChI is InChI=1S/C16H33N3/c1-14-5-7-16(12-17,8-6-14)13-19-10-4-9-18(3)11-15(19)2/h14-15H,4-13,17H2,1-3H3. The Labute approximate surface area is 119 Å². The third-order valence-electron chi connectivity index (χ3n) is 5.49. The maximum atomic E-state index is 6.18. The van der Waals surface area contributed by atoms with Crippen LogP contribution >= 0.6 is 0 Å². The minimum atomic E-state index is 0.406. The lowest BCUT2D eigenvalue weighted by molar-refractivity contribution is 0.0747. The molecule has 0 aromatic carbocycles. The molecule has 2 aliphatic rings. The van der Waals surface area contributed by atoms with Gasteiger partial charge in [-0.2, -0.15) is 0 Å². The normalized spacial score (nSPS) is 39.2. The Morgan fingerprint density at radius 1 is 1.16 bits per heavy atom. The molecule has 1 saturated heterocycles. The molecule has 1 unspecified atom stereocenters. The molecule has 2 N–H and O–H groups in total. The molecule has 2 fully saturated rings. The zero-order valence-electron chi connectivity index (χ0n) is 13.2. The highest BCUT2D eigenvalue weighted by Gasteiger charge is 2.36. The maximum Gasteiger partial charge on any atom is 0.0195 e. The molecule has 1 atom stereocenters. The molecule has 0 aromatic heterocycles. The van der Waals surface area contributed by atoms with E-state index in [1.807, 2.05) is 0 Å². The highest BCUT2D eigenvalue weighted by Crippen LogP contribution is 2.39. The summed E-state index contributed by atoms with van der Waals surface area (Å²) in [5, 5.41) is 0. The van der Waals surface area contributed by atoms with Gasteiger partial charge in [-0.3, -0.25) is 4.90 Å². The van der Waals surface area contributed by atoms with Crippen molar-refractivity contribution in [2.75, 3.05) is 39.8 Å². The molecular formula is C16H33N3. The van der Waals surface area contributed by atoms with Crippen molar-refractivity contribution in [1.82, 2.24) is 9.80 Å². The van der Waals surface area contributed by atoms with Crippen molar-refractivity contribution in [2.24, 2.45) is 17.1 Å². The van der Waals surface area contributed by atoms with Crippen LogP contribution < -0.4 is 5.73 Å². The Morgan fingerprint density at radius 3 is 2.47 bits per heavy atom. The van der Waals surface area contributed by atoms with Crippen molar-refractivity contribution >= 4 is 0 Å². The van der Waals surface area contributed by atoms with E-state index in [2.05, 4.69) is 30.7 Å². The van der Waals surface area contributed by atoms with Gasteiger partial charge in [-0.25, -0.2) is 0 Å². The number of nitrogens with two attached hydrogens (primary N) is 1. The minimum Gasteiger partial charge on any atom is -0.330 e. The molecule has 1 heterocycles. The Hall–Kier alpha value is -0.120. The van der Waals surface area contributed by atoms with Crippen LogP contribution in [0.1, 0.15) is 46.0 Å². The smallest absolute Gasteiger partial charge is 0.0195 e. The number of rotatable bonds is 3. The molecule has 0 spiro atoms. The van der Waals surface area contributed by atoms with Gasteiger partial charge in [-0.15, -0.1) is 0 Å². The van der Waals surface area contributed by atoms with Crippen molar-refractivity contribution in [1.29, 1.82) is 0 Å². The van der Waals surface area contributed by atoms with E-state index >= 15 is 0 Å². The highest BCUT2D eigenvalue weighted by molar-refractivity contribution is 4.90. The zero-order valence-corrected chi connectivity index (χ0v) is 13.2. The van der Waals surface area contributed by atoms with Gasteiger partial charge in [0.2, 0.25) is 0 Å². The summed E-state index contributed by atoms with van der Waals surface area (Å²) in [5.74, 6) is 0.910. The van der Waals surface area contributed by atoms with Crippen molar-refractivity contribution in [3.8, 4) is 0 Å². The molecule has 3 nitrogen and oxygen atoms in total. The van der Waals surface area contributed by atoms with Crippen LogP contribution in [0.5, 0.6) is 0 Å². The lowest BCUT2D eigenvalue weighted by Crippen LogP contribution is -2.48. The molecule has 2 rings (SSSR count). The first-order valence-electron chi connectivity index (χ1n) is 8.17. The molecule has 0 aromatic rings. The number of likely N-dealkylation sites (N-methyl/N-ethyl adjacent to an activating group) is 1. The van der Waals surface area contributed by atoms with Gasteiger partial charge in [0.05, 0.1) is 0 Å². The minimum absolute atomic E-state index is 0.406. The van der Waals surface area contributed by atoms with Gasteiger partial charge in [-0.1, -0.05) is 19.8 Å². The second-order valence-corrected chi connectivity index (χ2v) is 7.32. The second-order valence-electron chi connectivity index (χ2n) is 7.32. The van der Waals surface area contributed by atoms with E-state index < -0.39 is 0 Å². The molecule has 112 valence electrons. The lowest BCUT2D eigenvalue weighted by atomic mass is 9.70. The maximum absolute atomic E-state index is 6.18. The van der Waals surface area contributed by atoms with Crippen LogP contribution in [0, 0.1) is 11.3 Å². The van der Waals surface area contributed by atoms with E-state index in [4.69, 9.17) is 5.73 Å². The average Bonchev–Trinajstić information content (AvgIpc) is 2.54. The van der Waals surface area contributed by atoms with E-state index in [0.29, 0.717) is 11.5 Å². The SMILES string of the molecule is CC1CCC(CN)(CN2CCCN(C)CC2C)CC1. The van der Waals surface area contributed by atoms with E-state index in [0.717, 1.165) is 12.5 Å². The lowest BCUT2D eigenvalue weighted by Gasteiger charge is -2.43. The summed E-state index contributed by atoms with van der Waals surface area (Å²) >= 11 is 0. The van der Waals surface area contributed by atoms with Crippen LogP contribution in [0.3, 0.4) is 0 Å². The summed E-state index contributed by atoms with van der Waals surface area (Å²) in [6.07, 6.45) is 6.73. The van der Waals surface area contributed by atoms with Gasteiger partial charge in [0.15, 0.2) is 0 Å². The topological polar surface area (TPSA) is 32.5 Å². The summed E-state index contributed by atoms with van der Waals surface area (Å²) in [7, 11) is 2.25. The third kappa shape index (κ3) is 3.93. The molecule has 0 radical (unpaired) electrons. The summed E-state index contributed by atoms with van der Waals surface area (Å²) < 4.78 is 0. The first-order valence-corrected chi connectivity index (χ1v) is 8.17. The Balaban J connectivity index is 1.97. The fraction of sp³-hybridized carbons (Fsp3) is 1.00. The van der Waals surface area contributed by atoms with Crippen LogP contribution in [-0.4, -0.2) is 55.6 Å². The molecule has 1 aliphatic carbocycles. The Morgan fingerprint density at radius 2 is 1.84 bits per heavy atom. The number of hydrogen-bond acceptors (Lipinski definition) is 3. The van der Waals surface area contributed by atoms with Crippen molar-refractivity contribution in [3.63, 3.8) is 0 Å². The van der Waals surface area contributed by atoms with Gasteiger partial charge in [0.25, 0.3) is 0 Å². The third-order valence-corrected chi connectivity index (χ3v) is 5.49. The van der Waals surface area contributed by atoms with E-state index in [9.17, 15) is 0 Å². The second kappa shape index (κ2) is 6.55. The van der Waals surface area contributed by atoms with Gasteiger partial charge in [-0.05, 0) is 64.2 Å². The predicted octanol–water partition coefficient (Wildman–Crippen LogP) is 2.17. The molecule has 3 heteroatoms. The largest absolute Gasteiger partial charge is 0.330 e. The molecule has 19 heavy (non-hydrogen) atoms. The quantitative estimate of drug-likeness (QED) is 0.850. The summed E-state index contributed by atoms with van der Waals surface area (Å²) in [6.45, 7) is 10.6. The number of nitrogens with zero attached hydrogens (tertiary/aromatic N) is 2. The van der Waals surface area contributed by atoms with Gasteiger partial charge >= 0.3 is 0 Å². The predicted molar refractivity (Wildman–Crippen MR) is 82.3 cm³/mol. The molecule has 0 amide bonds. The Bertz CT molecular complexity index is 271. The summed E-state index contributed by atoms with van der Waals surface area (Å²) in [5.41, 5.74) is 6.58. The molecular weight excluding hydrogens is 234 g/mol. The first-order chi connectivity index (χ1) is 9.04. The fourth-order valence-electron chi connectivity index (χ4n) is 3.89. The van der Waals surface area contributed by atoms with Crippen LogP contribution in [0.2, 0.25) is 0 Å². The van der Waals surface area contributed by atoms with Crippen LogP contribution in [0.15, 0.2) is 0 Å². The molecule has 0 bridgehead atoms. The van der Waals surface area contributed by atoms with Crippen LogP contribution in [0.25, 0.3) is 0 Å². The van der Waals surface area contributed by atoms with E-state index in [1.165, 1.54) is 58.3 Å². The average molecular weight is 267 g/mol. The van der Waals surface area contributed by atoms with Crippen LogP contribution in [0.4, 0.5) is 0 Å². The van der Waals surface area contributed by atoms with Gasteiger partial charge in [0.1, 0.15) is 0 Å². The molecule has 1 saturated carbocycles. The van der Waals surface area contributed by atoms with Crippen LogP contribution in [-0.2, 0) is 0 Å². The zero-order chi connectivity index (χ0) is 13.9. The van der Waals surface area contributed by atoms with Crippen molar-refractivity contribution < 1.29 is 0 Å². The highest BCUT2D eigenvalue weighted by atomic mass is 15.2. The fourth-order valence-corrected chi connectivity index (χ4v) is 3.89. The first kappa shape index (κ1) is 15.3. The molecule has 1 aliphatic heterocycles. The van der Waals surface area contributed by atoms with E-state index in [1.54, 1.807) is 0 Å². The van der Waals surface area contributed by atoms with Gasteiger partial charge < -0.3 is 10.6 Å². The van der Waals surface area contributed by atoms with Crippen molar-refractivity contribution in [2.45, 2.75) is 52.0 Å². The summed E-state index contributed by atoms with van der Waals surface area (Å²) in [6, 6.07) is 0.676. The van der Waals surface area contributed by atoms with Gasteiger partial charge in [0, 0.05) is 19.1 Å². The Kier molecular flexibility index (Phi) is 5.27.